The zero-order valence-electron chi connectivity index (χ0n) is 15.4. The van der Waals surface area contributed by atoms with Crippen LogP contribution in [0.15, 0.2) is 36.9 Å². The van der Waals surface area contributed by atoms with Crippen molar-refractivity contribution >= 4 is 6.03 Å². The van der Waals surface area contributed by atoms with E-state index in [1.54, 1.807) is 0 Å². The number of urea groups is 1. The molecule has 25 heavy (non-hydrogen) atoms. The van der Waals surface area contributed by atoms with Crippen molar-refractivity contribution in [2.45, 2.75) is 52.1 Å². The van der Waals surface area contributed by atoms with Crippen LogP contribution in [-0.4, -0.2) is 39.6 Å². The summed E-state index contributed by atoms with van der Waals surface area (Å²) in [5, 5.41) is 3.15. The second kappa shape index (κ2) is 7.72. The monoisotopic (exact) mass is 340 g/mol. The molecule has 0 saturated carbocycles. The molecule has 0 spiro atoms. The van der Waals surface area contributed by atoms with Gasteiger partial charge < -0.3 is 14.8 Å². The van der Waals surface area contributed by atoms with Gasteiger partial charge in [0.15, 0.2) is 0 Å². The van der Waals surface area contributed by atoms with E-state index in [2.05, 4.69) is 53.8 Å². The molecule has 1 atom stereocenters. The van der Waals surface area contributed by atoms with Gasteiger partial charge in [-0.05, 0) is 45.6 Å². The Morgan fingerprint density at radius 1 is 1.24 bits per heavy atom. The third-order valence-electron chi connectivity index (χ3n) is 4.89. The number of carbonyl (C=O) groups is 1. The number of rotatable bonds is 4. The molecule has 0 unspecified atom stereocenters. The average Bonchev–Trinajstić information content (AvgIpc) is 3.08. The zero-order valence-corrected chi connectivity index (χ0v) is 15.4. The van der Waals surface area contributed by atoms with Gasteiger partial charge in [0.05, 0.1) is 6.33 Å². The molecule has 1 aliphatic rings. The molecule has 0 aliphatic carbocycles. The summed E-state index contributed by atoms with van der Waals surface area (Å²) in [5.41, 5.74) is 3.83. The van der Waals surface area contributed by atoms with Crippen LogP contribution in [0.1, 0.15) is 42.5 Å². The summed E-state index contributed by atoms with van der Waals surface area (Å²) in [7, 11) is 0. The fraction of sp³-hybridized carbons (Fsp3) is 0.500. The minimum atomic E-state index is 0.0564. The Labute approximate surface area is 150 Å². The first-order valence-electron chi connectivity index (χ1n) is 9.11. The van der Waals surface area contributed by atoms with Gasteiger partial charge in [-0.15, -0.1) is 0 Å². The maximum atomic E-state index is 12.5. The van der Waals surface area contributed by atoms with E-state index in [1.165, 1.54) is 16.7 Å². The first-order chi connectivity index (χ1) is 12.0. The number of carbonyl (C=O) groups excluding carboxylic acids is 1. The highest BCUT2D eigenvalue weighted by molar-refractivity contribution is 5.74. The topological polar surface area (TPSA) is 50.2 Å². The predicted molar refractivity (Wildman–Crippen MR) is 99.7 cm³/mol. The predicted octanol–water partition coefficient (Wildman–Crippen LogP) is 3.48. The molecule has 0 bridgehead atoms. The second-order valence-electron chi connectivity index (χ2n) is 7.28. The molecule has 0 radical (unpaired) electrons. The summed E-state index contributed by atoms with van der Waals surface area (Å²) >= 11 is 0. The minimum absolute atomic E-state index is 0.0564. The molecule has 1 aliphatic heterocycles. The molecule has 5 nitrogen and oxygen atoms in total. The molecule has 2 heterocycles. The highest BCUT2D eigenvalue weighted by atomic mass is 16.2. The van der Waals surface area contributed by atoms with E-state index in [0.717, 1.165) is 32.4 Å². The zero-order chi connectivity index (χ0) is 17.8. The lowest BCUT2D eigenvalue weighted by atomic mass is 10.0. The molecule has 2 amide bonds. The number of hydrogen-bond donors (Lipinski definition) is 1. The number of nitrogens with one attached hydrogen (secondary N) is 1. The standard InChI is InChI=1S/C20H28N4O/c1-15-10-16(2)12-18(11-15)13-17(3)22-20(25)23-7-4-19(5-8-23)24-9-6-21-14-24/h6,9-12,14,17,19H,4-5,7-8,13H2,1-3H3,(H,22,25)/t17-/m0/s1. The van der Waals surface area contributed by atoms with E-state index in [9.17, 15) is 4.79 Å². The normalized spacial score (nSPS) is 16.7. The number of piperidine rings is 1. The number of amides is 2. The summed E-state index contributed by atoms with van der Waals surface area (Å²) in [4.78, 5) is 18.6. The van der Waals surface area contributed by atoms with E-state index >= 15 is 0 Å². The van der Waals surface area contributed by atoms with Crippen molar-refractivity contribution in [3.05, 3.63) is 53.6 Å². The van der Waals surface area contributed by atoms with Crippen molar-refractivity contribution in [2.75, 3.05) is 13.1 Å². The number of aromatic nitrogens is 2. The Morgan fingerprint density at radius 3 is 2.52 bits per heavy atom. The van der Waals surface area contributed by atoms with Crippen LogP contribution in [0, 0.1) is 13.8 Å². The van der Waals surface area contributed by atoms with Crippen LogP contribution in [0.25, 0.3) is 0 Å². The number of imidazole rings is 1. The van der Waals surface area contributed by atoms with E-state index in [4.69, 9.17) is 0 Å². The molecule has 1 aromatic carbocycles. The highest BCUT2D eigenvalue weighted by Crippen LogP contribution is 2.22. The van der Waals surface area contributed by atoms with Crippen LogP contribution in [0.3, 0.4) is 0 Å². The number of likely N-dealkylation sites (tertiary alicyclic amines) is 1. The second-order valence-corrected chi connectivity index (χ2v) is 7.28. The molecular formula is C20H28N4O. The molecule has 1 aromatic heterocycles. The Bertz CT molecular complexity index is 682. The molecule has 134 valence electrons. The van der Waals surface area contributed by atoms with Crippen LogP contribution in [-0.2, 0) is 6.42 Å². The molecule has 5 heteroatoms. The number of aryl methyl sites for hydroxylation is 2. The Morgan fingerprint density at radius 2 is 1.92 bits per heavy atom. The molecular weight excluding hydrogens is 312 g/mol. The van der Waals surface area contributed by atoms with E-state index in [-0.39, 0.29) is 12.1 Å². The van der Waals surface area contributed by atoms with E-state index in [0.29, 0.717) is 6.04 Å². The average molecular weight is 340 g/mol. The largest absolute Gasteiger partial charge is 0.335 e. The quantitative estimate of drug-likeness (QED) is 0.926. The van der Waals surface area contributed by atoms with E-state index < -0.39 is 0 Å². The van der Waals surface area contributed by atoms with Gasteiger partial charge in [-0.3, -0.25) is 0 Å². The smallest absolute Gasteiger partial charge is 0.317 e. The summed E-state index contributed by atoms with van der Waals surface area (Å²) in [6, 6.07) is 7.22. The maximum Gasteiger partial charge on any atom is 0.317 e. The van der Waals surface area contributed by atoms with Crippen LogP contribution in [0.5, 0.6) is 0 Å². The number of nitrogens with zero attached hydrogens (tertiary/aromatic N) is 3. The van der Waals surface area contributed by atoms with Crippen molar-refractivity contribution in [1.82, 2.24) is 19.8 Å². The van der Waals surface area contributed by atoms with E-state index in [1.807, 2.05) is 23.6 Å². The lowest BCUT2D eigenvalue weighted by Crippen LogP contribution is -2.47. The fourth-order valence-electron chi connectivity index (χ4n) is 3.75. The third-order valence-corrected chi connectivity index (χ3v) is 4.89. The van der Waals surface area contributed by atoms with Crippen LogP contribution < -0.4 is 5.32 Å². The van der Waals surface area contributed by atoms with Crippen LogP contribution in [0.2, 0.25) is 0 Å². The van der Waals surface area contributed by atoms with Crippen molar-refractivity contribution in [3.8, 4) is 0 Å². The van der Waals surface area contributed by atoms with Gasteiger partial charge in [-0.25, -0.2) is 9.78 Å². The van der Waals surface area contributed by atoms with Crippen molar-refractivity contribution < 1.29 is 4.79 Å². The van der Waals surface area contributed by atoms with Crippen molar-refractivity contribution in [2.24, 2.45) is 0 Å². The van der Waals surface area contributed by atoms with Crippen LogP contribution in [0.4, 0.5) is 4.79 Å². The SMILES string of the molecule is Cc1cc(C)cc(C[C@H](C)NC(=O)N2CCC(n3ccnc3)CC2)c1. The Kier molecular flexibility index (Phi) is 5.41. The number of benzene rings is 1. The fourth-order valence-corrected chi connectivity index (χ4v) is 3.75. The molecule has 1 N–H and O–H groups in total. The van der Waals surface area contributed by atoms with Gasteiger partial charge >= 0.3 is 6.03 Å². The van der Waals surface area contributed by atoms with Gasteiger partial charge in [0, 0.05) is 37.6 Å². The Balaban J connectivity index is 1.49. The van der Waals surface area contributed by atoms with Crippen molar-refractivity contribution in [1.29, 1.82) is 0 Å². The van der Waals surface area contributed by atoms with Crippen LogP contribution >= 0.6 is 0 Å². The lowest BCUT2D eigenvalue weighted by molar-refractivity contribution is 0.169. The summed E-state index contributed by atoms with van der Waals surface area (Å²) in [5.74, 6) is 0. The summed E-state index contributed by atoms with van der Waals surface area (Å²) in [6.07, 6.45) is 8.51. The Hall–Kier alpha value is -2.30. The summed E-state index contributed by atoms with van der Waals surface area (Å²) < 4.78 is 2.15. The summed E-state index contributed by atoms with van der Waals surface area (Å²) in [6.45, 7) is 7.90. The third kappa shape index (κ3) is 4.62. The maximum absolute atomic E-state index is 12.5. The minimum Gasteiger partial charge on any atom is -0.335 e. The highest BCUT2D eigenvalue weighted by Gasteiger charge is 2.24. The lowest BCUT2D eigenvalue weighted by Gasteiger charge is -2.33. The first kappa shape index (κ1) is 17.5. The molecule has 2 aromatic rings. The van der Waals surface area contributed by atoms with Gasteiger partial charge in [-0.2, -0.15) is 0 Å². The molecule has 3 rings (SSSR count). The number of hydrogen-bond acceptors (Lipinski definition) is 2. The van der Waals surface area contributed by atoms with Gasteiger partial charge in [0.1, 0.15) is 0 Å². The molecule has 1 fully saturated rings. The van der Waals surface area contributed by atoms with Gasteiger partial charge in [0.2, 0.25) is 0 Å². The first-order valence-corrected chi connectivity index (χ1v) is 9.11. The molecule has 1 saturated heterocycles. The van der Waals surface area contributed by atoms with Gasteiger partial charge in [0.25, 0.3) is 0 Å². The van der Waals surface area contributed by atoms with Crippen molar-refractivity contribution in [3.63, 3.8) is 0 Å². The van der Waals surface area contributed by atoms with Gasteiger partial charge in [-0.1, -0.05) is 29.3 Å².